The normalized spacial score (nSPS) is 19.3. The van der Waals surface area contributed by atoms with E-state index in [1.54, 1.807) is 12.0 Å². The number of anilines is 1. The van der Waals surface area contributed by atoms with E-state index < -0.39 is 0 Å². The molecule has 1 aliphatic heterocycles. The van der Waals surface area contributed by atoms with Gasteiger partial charge >= 0.3 is 0 Å². The number of methoxy groups -OCH3 is 1. The van der Waals surface area contributed by atoms with Crippen molar-refractivity contribution in [3.63, 3.8) is 0 Å². The van der Waals surface area contributed by atoms with Crippen molar-refractivity contribution < 1.29 is 24.1 Å². The van der Waals surface area contributed by atoms with Crippen LogP contribution in [-0.2, 0) is 4.79 Å². The van der Waals surface area contributed by atoms with Crippen LogP contribution in [0.25, 0.3) is 0 Å². The smallest absolute Gasteiger partial charge is 0.279 e. The highest BCUT2D eigenvalue weighted by Gasteiger charge is 2.24. The number of benzene rings is 2. The number of quaternary nitrogens is 2. The molecular formula is C21H29N3O3+2. The van der Waals surface area contributed by atoms with Crippen LogP contribution in [0, 0.1) is 0 Å². The molecule has 0 unspecified atom stereocenters. The molecule has 6 heteroatoms. The number of rotatable bonds is 8. The minimum Gasteiger partial charge on any atom is -0.495 e. The number of amides is 1. The fourth-order valence-electron chi connectivity index (χ4n) is 3.38. The number of carbonyl (C=O) groups excluding carboxylic acids is 1. The van der Waals surface area contributed by atoms with E-state index in [-0.39, 0.29) is 5.91 Å². The summed E-state index contributed by atoms with van der Waals surface area (Å²) in [7, 11) is 1.61. The van der Waals surface area contributed by atoms with E-state index in [1.165, 1.54) is 4.90 Å². The molecule has 1 amide bonds. The molecule has 0 aromatic heterocycles. The maximum absolute atomic E-state index is 12.3. The molecular weight excluding hydrogens is 342 g/mol. The first-order chi connectivity index (χ1) is 13.2. The van der Waals surface area contributed by atoms with Crippen molar-refractivity contribution in [2.75, 3.05) is 58.3 Å². The van der Waals surface area contributed by atoms with Gasteiger partial charge in [-0.1, -0.05) is 30.3 Å². The molecule has 144 valence electrons. The van der Waals surface area contributed by atoms with Crippen LogP contribution in [0.15, 0.2) is 54.6 Å². The number of para-hydroxylation sites is 3. The second kappa shape index (κ2) is 9.94. The van der Waals surface area contributed by atoms with Crippen molar-refractivity contribution in [1.29, 1.82) is 0 Å². The van der Waals surface area contributed by atoms with Crippen LogP contribution in [0.1, 0.15) is 0 Å². The Bertz CT molecular complexity index is 716. The van der Waals surface area contributed by atoms with E-state index in [0.29, 0.717) is 12.3 Å². The number of piperazine rings is 1. The van der Waals surface area contributed by atoms with Crippen molar-refractivity contribution in [3.05, 3.63) is 54.6 Å². The third-order valence-electron chi connectivity index (χ3n) is 4.92. The van der Waals surface area contributed by atoms with Gasteiger partial charge in [-0.15, -0.1) is 0 Å². The highest BCUT2D eigenvalue weighted by molar-refractivity contribution is 5.92. The van der Waals surface area contributed by atoms with Crippen LogP contribution in [-0.4, -0.2) is 58.9 Å². The molecule has 2 aromatic rings. The molecule has 0 saturated carbocycles. The summed E-state index contributed by atoms with van der Waals surface area (Å²) in [5.74, 6) is 1.65. The summed E-state index contributed by atoms with van der Waals surface area (Å²) in [6.07, 6.45) is 0. The number of hydrogen-bond acceptors (Lipinski definition) is 3. The van der Waals surface area contributed by atoms with Crippen molar-refractivity contribution in [3.8, 4) is 11.5 Å². The van der Waals surface area contributed by atoms with Gasteiger partial charge in [0.05, 0.1) is 12.8 Å². The van der Waals surface area contributed by atoms with Gasteiger partial charge in [0.15, 0.2) is 6.54 Å². The fraction of sp³-hybridized carbons (Fsp3) is 0.381. The van der Waals surface area contributed by atoms with Gasteiger partial charge in [0.1, 0.15) is 50.8 Å². The maximum atomic E-state index is 12.3. The average molecular weight is 371 g/mol. The third-order valence-corrected chi connectivity index (χ3v) is 4.92. The average Bonchev–Trinajstić information content (AvgIpc) is 2.70. The summed E-state index contributed by atoms with van der Waals surface area (Å²) in [6, 6.07) is 17.4. The zero-order chi connectivity index (χ0) is 18.9. The monoisotopic (exact) mass is 371 g/mol. The van der Waals surface area contributed by atoms with Crippen molar-refractivity contribution in [2.24, 2.45) is 0 Å². The van der Waals surface area contributed by atoms with E-state index in [2.05, 4.69) is 5.32 Å². The third kappa shape index (κ3) is 5.98. The van der Waals surface area contributed by atoms with Gasteiger partial charge in [-0.25, -0.2) is 0 Å². The molecule has 2 aromatic carbocycles. The number of carbonyl (C=O) groups is 1. The highest BCUT2D eigenvalue weighted by Crippen LogP contribution is 2.22. The summed E-state index contributed by atoms with van der Waals surface area (Å²) in [4.78, 5) is 15.2. The van der Waals surface area contributed by atoms with Gasteiger partial charge in [-0.3, -0.25) is 4.79 Å². The molecule has 1 heterocycles. The van der Waals surface area contributed by atoms with Crippen LogP contribution in [0.3, 0.4) is 0 Å². The lowest BCUT2D eigenvalue weighted by Crippen LogP contribution is -3.28. The minimum absolute atomic E-state index is 0.0327. The Morgan fingerprint density at radius 3 is 2.37 bits per heavy atom. The molecule has 0 spiro atoms. The first kappa shape index (κ1) is 19.2. The maximum Gasteiger partial charge on any atom is 0.279 e. The van der Waals surface area contributed by atoms with Gasteiger partial charge in [-0.2, -0.15) is 0 Å². The Morgan fingerprint density at radius 1 is 0.963 bits per heavy atom. The van der Waals surface area contributed by atoms with Gasteiger partial charge < -0.3 is 24.6 Å². The first-order valence-corrected chi connectivity index (χ1v) is 9.52. The molecule has 27 heavy (non-hydrogen) atoms. The second-order valence-corrected chi connectivity index (χ2v) is 6.84. The molecule has 3 rings (SSSR count). The Hall–Kier alpha value is -2.57. The molecule has 1 saturated heterocycles. The van der Waals surface area contributed by atoms with E-state index in [9.17, 15) is 4.79 Å². The second-order valence-electron chi connectivity index (χ2n) is 6.84. The molecule has 1 aliphatic rings. The summed E-state index contributed by atoms with van der Waals surface area (Å²) >= 11 is 0. The van der Waals surface area contributed by atoms with E-state index in [1.807, 2.05) is 54.6 Å². The lowest BCUT2D eigenvalue weighted by atomic mass is 10.2. The molecule has 6 nitrogen and oxygen atoms in total. The molecule has 3 N–H and O–H groups in total. The van der Waals surface area contributed by atoms with Crippen LogP contribution in [0.5, 0.6) is 11.5 Å². The lowest BCUT2D eigenvalue weighted by molar-refractivity contribution is -1.01. The van der Waals surface area contributed by atoms with Crippen molar-refractivity contribution in [2.45, 2.75) is 0 Å². The van der Waals surface area contributed by atoms with E-state index in [0.717, 1.165) is 50.8 Å². The van der Waals surface area contributed by atoms with E-state index in [4.69, 9.17) is 9.47 Å². The first-order valence-electron chi connectivity index (χ1n) is 9.52. The molecule has 1 fully saturated rings. The summed E-state index contributed by atoms with van der Waals surface area (Å²) in [5, 5.41) is 2.96. The predicted octanol–water partition coefficient (Wildman–Crippen LogP) is -0.504. The molecule has 0 bridgehead atoms. The van der Waals surface area contributed by atoms with Crippen LogP contribution < -0.4 is 24.6 Å². The SMILES string of the molecule is COc1ccccc1NC(=O)C[NH+]1CC[NH+](CCOc2ccccc2)CC1. The van der Waals surface area contributed by atoms with Crippen molar-refractivity contribution in [1.82, 2.24) is 0 Å². The fourth-order valence-corrected chi connectivity index (χ4v) is 3.38. The summed E-state index contributed by atoms with van der Waals surface area (Å²) < 4.78 is 11.1. The number of ether oxygens (including phenoxy) is 2. The summed E-state index contributed by atoms with van der Waals surface area (Å²) in [5.41, 5.74) is 0.728. The van der Waals surface area contributed by atoms with E-state index >= 15 is 0 Å². The quantitative estimate of drug-likeness (QED) is 0.586. The van der Waals surface area contributed by atoms with Crippen LogP contribution in [0.2, 0.25) is 0 Å². The van der Waals surface area contributed by atoms with Gasteiger partial charge in [0.2, 0.25) is 0 Å². The molecule has 0 radical (unpaired) electrons. The molecule has 0 atom stereocenters. The van der Waals surface area contributed by atoms with Gasteiger partial charge in [0.25, 0.3) is 5.91 Å². The largest absolute Gasteiger partial charge is 0.495 e. The Labute approximate surface area is 160 Å². The van der Waals surface area contributed by atoms with Crippen molar-refractivity contribution >= 4 is 11.6 Å². The van der Waals surface area contributed by atoms with Crippen LogP contribution in [0.4, 0.5) is 5.69 Å². The van der Waals surface area contributed by atoms with Gasteiger partial charge in [-0.05, 0) is 24.3 Å². The zero-order valence-electron chi connectivity index (χ0n) is 15.9. The predicted molar refractivity (Wildman–Crippen MR) is 105 cm³/mol. The standard InChI is InChI=1S/C21H27N3O3/c1-26-20-10-6-5-9-19(20)22-21(25)17-24-13-11-23(12-14-24)15-16-27-18-7-3-2-4-8-18/h2-10H,11-17H2,1H3,(H,22,25)/p+2. The highest BCUT2D eigenvalue weighted by atomic mass is 16.5. The lowest BCUT2D eigenvalue weighted by Gasteiger charge is -2.29. The topological polar surface area (TPSA) is 56.4 Å². The zero-order valence-corrected chi connectivity index (χ0v) is 15.9. The van der Waals surface area contributed by atoms with Crippen LogP contribution >= 0.6 is 0 Å². The number of nitrogens with one attached hydrogen (secondary N) is 3. The Morgan fingerprint density at radius 2 is 1.63 bits per heavy atom. The number of hydrogen-bond donors (Lipinski definition) is 3. The van der Waals surface area contributed by atoms with Gasteiger partial charge in [0, 0.05) is 0 Å². The molecule has 0 aliphatic carbocycles. The minimum atomic E-state index is 0.0327. The summed E-state index contributed by atoms with van der Waals surface area (Å²) in [6.45, 7) is 6.34. The Balaban J connectivity index is 1.36. The Kier molecular flexibility index (Phi) is 7.07.